The third kappa shape index (κ3) is 4.78. The van der Waals surface area contributed by atoms with Gasteiger partial charge in [0.1, 0.15) is 5.75 Å². The molecule has 4 rings (SSSR count). The molecule has 0 aliphatic heterocycles. The minimum absolute atomic E-state index is 0.0107. The van der Waals surface area contributed by atoms with E-state index in [1.807, 2.05) is 6.07 Å². The number of hydrogen-bond donors (Lipinski definition) is 0. The van der Waals surface area contributed by atoms with E-state index in [9.17, 15) is 14.9 Å². The van der Waals surface area contributed by atoms with Crippen LogP contribution in [0.1, 0.15) is 10.4 Å². The van der Waals surface area contributed by atoms with Gasteiger partial charge in [-0.1, -0.05) is 12.1 Å². The highest BCUT2D eigenvalue weighted by Crippen LogP contribution is 2.39. The Hall–Kier alpha value is -4.44. The molecule has 1 heterocycles. The second kappa shape index (κ2) is 10.2. The Bertz CT molecular complexity index is 1370. The molecule has 0 bridgehead atoms. The number of carbonyl (C=O) groups excluding carboxylic acids is 1. The van der Waals surface area contributed by atoms with Crippen LogP contribution in [-0.2, 0) is 0 Å². The normalized spacial score (nSPS) is 10.5. The summed E-state index contributed by atoms with van der Waals surface area (Å²) in [6.45, 7) is 0. The van der Waals surface area contributed by atoms with Crippen LogP contribution in [0.2, 0.25) is 0 Å². The van der Waals surface area contributed by atoms with Gasteiger partial charge in [-0.05, 0) is 42.5 Å². The molecule has 3 aromatic carbocycles. The maximum atomic E-state index is 13.8. The Morgan fingerprint density at radius 2 is 1.60 bits per heavy atom. The van der Waals surface area contributed by atoms with Crippen LogP contribution in [0.5, 0.6) is 17.2 Å². The number of methoxy groups -OCH3 is 3. The van der Waals surface area contributed by atoms with Crippen LogP contribution in [0.25, 0.3) is 11.3 Å². The van der Waals surface area contributed by atoms with Crippen molar-refractivity contribution in [2.75, 3.05) is 26.2 Å². The van der Waals surface area contributed by atoms with Crippen molar-refractivity contribution < 1.29 is 23.9 Å². The number of amides is 1. The second-order valence-corrected chi connectivity index (χ2v) is 8.04. The molecule has 0 radical (unpaired) electrons. The first kappa shape index (κ1) is 23.7. The zero-order chi connectivity index (χ0) is 24.9. The van der Waals surface area contributed by atoms with Gasteiger partial charge < -0.3 is 14.2 Å². The van der Waals surface area contributed by atoms with Crippen LogP contribution in [0, 0.1) is 10.1 Å². The standard InChI is InChI=1S/C25H21N3O6S/c1-32-21-7-5-4-6-20(21)27(24(29)17-10-13-22(33-2)23(14-17)34-3)25-26-19(15-35-25)16-8-11-18(12-9-16)28(30)31/h4-15H,1-3H3. The Morgan fingerprint density at radius 1 is 0.914 bits per heavy atom. The average molecular weight is 492 g/mol. The fraction of sp³-hybridized carbons (Fsp3) is 0.120. The number of thiazole rings is 1. The maximum absolute atomic E-state index is 13.8. The minimum Gasteiger partial charge on any atom is -0.495 e. The predicted molar refractivity (Wildman–Crippen MR) is 133 cm³/mol. The molecule has 1 aromatic heterocycles. The number of anilines is 2. The number of rotatable bonds is 8. The quantitative estimate of drug-likeness (QED) is 0.229. The summed E-state index contributed by atoms with van der Waals surface area (Å²) in [4.78, 5) is 30.5. The first-order chi connectivity index (χ1) is 17.0. The van der Waals surface area contributed by atoms with Gasteiger partial charge in [0.2, 0.25) is 0 Å². The summed E-state index contributed by atoms with van der Waals surface area (Å²) in [5.74, 6) is 1.07. The SMILES string of the molecule is COc1ccc(C(=O)N(c2nc(-c3ccc([N+](=O)[O-])cc3)cs2)c2ccccc2OC)cc1OC. The fourth-order valence-electron chi connectivity index (χ4n) is 3.47. The number of non-ortho nitro benzene ring substituents is 1. The molecule has 0 saturated heterocycles. The van der Waals surface area contributed by atoms with E-state index in [2.05, 4.69) is 4.98 Å². The van der Waals surface area contributed by atoms with E-state index < -0.39 is 4.92 Å². The topological polar surface area (TPSA) is 104 Å². The molecule has 10 heteroatoms. The van der Waals surface area contributed by atoms with Gasteiger partial charge in [-0.2, -0.15) is 0 Å². The Kier molecular flexibility index (Phi) is 6.93. The van der Waals surface area contributed by atoms with E-state index in [1.54, 1.807) is 53.9 Å². The number of hydrogen-bond acceptors (Lipinski definition) is 8. The van der Waals surface area contributed by atoms with Gasteiger partial charge >= 0.3 is 0 Å². The van der Waals surface area contributed by atoms with Gasteiger partial charge in [-0.25, -0.2) is 9.88 Å². The number of para-hydroxylation sites is 2. The van der Waals surface area contributed by atoms with Crippen molar-refractivity contribution in [3.63, 3.8) is 0 Å². The van der Waals surface area contributed by atoms with Gasteiger partial charge in [0.15, 0.2) is 16.6 Å². The number of carbonyl (C=O) groups is 1. The van der Waals surface area contributed by atoms with Crippen molar-refractivity contribution in [1.82, 2.24) is 4.98 Å². The number of ether oxygens (including phenoxy) is 3. The maximum Gasteiger partial charge on any atom is 0.269 e. The van der Waals surface area contributed by atoms with Crippen molar-refractivity contribution in [2.24, 2.45) is 0 Å². The lowest BCUT2D eigenvalue weighted by Gasteiger charge is -2.22. The Balaban J connectivity index is 1.79. The van der Waals surface area contributed by atoms with Crippen molar-refractivity contribution in [2.45, 2.75) is 0 Å². The highest BCUT2D eigenvalue weighted by atomic mass is 32.1. The molecule has 4 aromatic rings. The van der Waals surface area contributed by atoms with Crippen molar-refractivity contribution in [3.8, 4) is 28.5 Å². The third-order valence-electron chi connectivity index (χ3n) is 5.22. The summed E-state index contributed by atoms with van der Waals surface area (Å²) in [6.07, 6.45) is 0. The van der Waals surface area contributed by atoms with Crippen LogP contribution in [0.4, 0.5) is 16.5 Å². The molecule has 0 saturated carbocycles. The number of nitro groups is 1. The molecular formula is C25H21N3O6S. The molecule has 0 fully saturated rings. The van der Waals surface area contributed by atoms with Crippen LogP contribution in [0.3, 0.4) is 0 Å². The third-order valence-corrected chi connectivity index (χ3v) is 6.04. The highest BCUT2D eigenvalue weighted by Gasteiger charge is 2.26. The lowest BCUT2D eigenvalue weighted by molar-refractivity contribution is -0.384. The van der Waals surface area contributed by atoms with Gasteiger partial charge in [0.05, 0.1) is 37.6 Å². The van der Waals surface area contributed by atoms with E-state index >= 15 is 0 Å². The lowest BCUT2D eigenvalue weighted by Crippen LogP contribution is -2.26. The molecule has 35 heavy (non-hydrogen) atoms. The smallest absolute Gasteiger partial charge is 0.269 e. The van der Waals surface area contributed by atoms with Crippen LogP contribution < -0.4 is 19.1 Å². The molecule has 0 aliphatic carbocycles. The number of aromatic nitrogens is 1. The van der Waals surface area contributed by atoms with E-state index in [4.69, 9.17) is 14.2 Å². The monoisotopic (exact) mass is 491 g/mol. The first-order valence-corrected chi connectivity index (χ1v) is 11.2. The molecule has 1 amide bonds. The molecule has 0 atom stereocenters. The molecule has 9 nitrogen and oxygen atoms in total. The summed E-state index contributed by atoms with van der Waals surface area (Å²) < 4.78 is 16.2. The van der Waals surface area contributed by atoms with Crippen LogP contribution >= 0.6 is 11.3 Å². The lowest BCUT2D eigenvalue weighted by atomic mass is 10.1. The van der Waals surface area contributed by atoms with Gasteiger partial charge in [-0.3, -0.25) is 14.9 Å². The van der Waals surface area contributed by atoms with Gasteiger partial charge in [0.25, 0.3) is 11.6 Å². The first-order valence-electron chi connectivity index (χ1n) is 10.4. The summed E-state index contributed by atoms with van der Waals surface area (Å²) in [7, 11) is 4.55. The summed E-state index contributed by atoms with van der Waals surface area (Å²) in [6, 6.07) is 18.1. The minimum atomic E-state index is -0.457. The molecule has 0 N–H and O–H groups in total. The summed E-state index contributed by atoms with van der Waals surface area (Å²) in [5, 5.41) is 13.2. The van der Waals surface area contributed by atoms with Crippen molar-refractivity contribution >= 4 is 33.8 Å². The Labute approximate surface area is 205 Å². The number of nitro benzene ring substituents is 1. The molecule has 178 valence electrons. The molecule has 0 aliphatic rings. The van der Waals surface area contributed by atoms with Gasteiger partial charge in [-0.15, -0.1) is 11.3 Å². The van der Waals surface area contributed by atoms with Gasteiger partial charge in [0, 0.05) is 28.6 Å². The van der Waals surface area contributed by atoms with Crippen molar-refractivity contribution in [3.05, 3.63) is 87.8 Å². The largest absolute Gasteiger partial charge is 0.495 e. The van der Waals surface area contributed by atoms with E-state index in [-0.39, 0.29) is 11.6 Å². The summed E-state index contributed by atoms with van der Waals surface area (Å²) >= 11 is 1.27. The van der Waals surface area contributed by atoms with Crippen molar-refractivity contribution in [1.29, 1.82) is 0 Å². The zero-order valence-electron chi connectivity index (χ0n) is 19.1. The second-order valence-electron chi connectivity index (χ2n) is 7.20. The van der Waals surface area contributed by atoms with E-state index in [1.165, 1.54) is 49.7 Å². The molecule has 0 unspecified atom stereocenters. The molecular weight excluding hydrogens is 470 g/mol. The summed E-state index contributed by atoms with van der Waals surface area (Å²) in [5.41, 5.74) is 2.14. The number of nitrogens with zero attached hydrogens (tertiary/aromatic N) is 3. The Morgan fingerprint density at radius 3 is 2.26 bits per heavy atom. The zero-order valence-corrected chi connectivity index (χ0v) is 19.9. The predicted octanol–water partition coefficient (Wildman–Crippen LogP) is 5.72. The number of benzene rings is 3. The highest BCUT2D eigenvalue weighted by molar-refractivity contribution is 7.14. The van der Waals surface area contributed by atoms with Crippen LogP contribution in [0.15, 0.2) is 72.1 Å². The fourth-order valence-corrected chi connectivity index (χ4v) is 4.31. The van der Waals surface area contributed by atoms with E-state index in [0.717, 1.165) is 0 Å². The average Bonchev–Trinajstić information content (AvgIpc) is 3.38. The van der Waals surface area contributed by atoms with Crippen LogP contribution in [-0.4, -0.2) is 37.1 Å². The molecule has 0 spiro atoms. The van der Waals surface area contributed by atoms with E-state index in [0.29, 0.717) is 44.9 Å².